The van der Waals surface area contributed by atoms with Crippen LogP contribution in [0.4, 0.5) is 0 Å². The molecule has 1 aromatic heterocycles. The van der Waals surface area contributed by atoms with Crippen LogP contribution in [0.2, 0.25) is 0 Å². The van der Waals surface area contributed by atoms with Crippen molar-refractivity contribution in [2.24, 2.45) is 0 Å². The molecule has 2 aliphatic heterocycles. The quantitative estimate of drug-likeness (QED) is 0.460. The van der Waals surface area contributed by atoms with E-state index in [9.17, 15) is 0 Å². The van der Waals surface area contributed by atoms with E-state index in [1.54, 1.807) is 24.0 Å². The van der Waals surface area contributed by atoms with E-state index in [1.807, 2.05) is 6.07 Å². The van der Waals surface area contributed by atoms with Crippen LogP contribution in [0.15, 0.2) is 77.0 Å². The Hall–Kier alpha value is -2.36. The van der Waals surface area contributed by atoms with Gasteiger partial charge >= 0.3 is 0 Å². The van der Waals surface area contributed by atoms with Gasteiger partial charge in [-0.25, -0.2) is 0 Å². The lowest BCUT2D eigenvalue weighted by molar-refractivity contribution is 0.168. The van der Waals surface area contributed by atoms with Crippen LogP contribution in [0.1, 0.15) is 42.4 Å². The Morgan fingerprint density at radius 3 is 2.47 bits per heavy atom. The van der Waals surface area contributed by atoms with Crippen LogP contribution >= 0.6 is 11.3 Å². The highest BCUT2D eigenvalue weighted by Gasteiger charge is 2.39. The number of rotatable bonds is 6. The highest BCUT2D eigenvalue weighted by molar-refractivity contribution is 7.08. The van der Waals surface area contributed by atoms with E-state index in [4.69, 9.17) is 4.74 Å². The molecular formula is C27H29NOS. The fourth-order valence-electron chi connectivity index (χ4n) is 5.34. The van der Waals surface area contributed by atoms with Crippen LogP contribution in [0.25, 0.3) is 5.57 Å². The third kappa shape index (κ3) is 3.97. The first kappa shape index (κ1) is 19.6. The molecule has 2 unspecified atom stereocenters. The first-order chi connectivity index (χ1) is 14.8. The average Bonchev–Trinajstić information content (AvgIpc) is 3.39. The molecule has 154 valence electrons. The zero-order chi connectivity index (χ0) is 20.3. The van der Waals surface area contributed by atoms with Gasteiger partial charge in [0, 0.05) is 18.6 Å². The highest BCUT2D eigenvalue weighted by Crippen LogP contribution is 2.43. The zero-order valence-corrected chi connectivity index (χ0v) is 18.4. The summed E-state index contributed by atoms with van der Waals surface area (Å²) in [5.41, 5.74) is 7.17. The summed E-state index contributed by atoms with van der Waals surface area (Å²) in [6.45, 7) is 1.18. The van der Waals surface area contributed by atoms with Crippen molar-refractivity contribution in [1.29, 1.82) is 0 Å². The molecule has 2 bridgehead atoms. The van der Waals surface area contributed by atoms with Crippen LogP contribution in [0, 0.1) is 0 Å². The van der Waals surface area contributed by atoms with Crippen LogP contribution < -0.4 is 4.74 Å². The predicted octanol–water partition coefficient (Wildman–Crippen LogP) is 6.43. The van der Waals surface area contributed by atoms with E-state index < -0.39 is 0 Å². The van der Waals surface area contributed by atoms with Gasteiger partial charge in [0.25, 0.3) is 0 Å². The Bertz CT molecular complexity index is 992. The predicted molar refractivity (Wildman–Crippen MR) is 126 cm³/mol. The zero-order valence-electron chi connectivity index (χ0n) is 17.6. The maximum atomic E-state index is 5.53. The van der Waals surface area contributed by atoms with Crippen molar-refractivity contribution in [2.45, 2.75) is 44.2 Å². The molecule has 3 heterocycles. The summed E-state index contributed by atoms with van der Waals surface area (Å²) in [6.07, 6.45) is 6.19. The molecule has 2 nitrogen and oxygen atoms in total. The largest absolute Gasteiger partial charge is 0.497 e. The van der Waals surface area contributed by atoms with Gasteiger partial charge < -0.3 is 4.74 Å². The summed E-state index contributed by atoms with van der Waals surface area (Å²) in [7, 11) is 1.75. The second-order valence-corrected chi connectivity index (χ2v) is 9.27. The number of methoxy groups -OCH3 is 1. The Morgan fingerprint density at radius 2 is 1.77 bits per heavy atom. The van der Waals surface area contributed by atoms with Crippen LogP contribution in [0.5, 0.6) is 5.75 Å². The minimum atomic E-state index is 0.682. The van der Waals surface area contributed by atoms with E-state index in [2.05, 4.69) is 70.3 Å². The molecular weight excluding hydrogens is 386 g/mol. The SMILES string of the molecule is COc1cccc(C(=C2CC3CCC(C2)N3CCc2ccccc2)c2ccsc2)c1. The molecule has 2 saturated heterocycles. The monoisotopic (exact) mass is 415 g/mol. The van der Waals surface area contributed by atoms with Gasteiger partial charge in [-0.05, 0) is 83.3 Å². The number of hydrogen-bond donors (Lipinski definition) is 0. The summed E-state index contributed by atoms with van der Waals surface area (Å²) in [6, 6.07) is 23.2. The topological polar surface area (TPSA) is 12.5 Å². The molecule has 5 rings (SSSR count). The second kappa shape index (κ2) is 8.79. The normalized spacial score (nSPS) is 21.0. The molecule has 0 radical (unpaired) electrons. The van der Waals surface area contributed by atoms with Gasteiger partial charge in [0.05, 0.1) is 7.11 Å². The molecule has 3 heteroatoms. The minimum Gasteiger partial charge on any atom is -0.497 e. The molecule has 2 fully saturated rings. The van der Waals surface area contributed by atoms with Crippen LogP contribution in [-0.4, -0.2) is 30.6 Å². The summed E-state index contributed by atoms with van der Waals surface area (Å²) < 4.78 is 5.53. The molecule has 3 aromatic rings. The van der Waals surface area contributed by atoms with Gasteiger partial charge in [0.1, 0.15) is 5.75 Å². The lowest BCUT2D eigenvalue weighted by atomic mass is 9.86. The summed E-state index contributed by atoms with van der Waals surface area (Å²) in [5.74, 6) is 0.934. The van der Waals surface area contributed by atoms with E-state index in [-0.39, 0.29) is 0 Å². The van der Waals surface area contributed by atoms with Crippen molar-refractivity contribution in [2.75, 3.05) is 13.7 Å². The number of benzene rings is 2. The van der Waals surface area contributed by atoms with Crippen molar-refractivity contribution in [3.8, 4) is 5.75 Å². The van der Waals surface area contributed by atoms with Crippen molar-refractivity contribution < 1.29 is 4.74 Å². The number of thiophene rings is 1. The number of nitrogens with zero attached hydrogens (tertiary/aromatic N) is 1. The third-order valence-corrected chi connectivity index (χ3v) is 7.44. The molecule has 0 aliphatic carbocycles. The average molecular weight is 416 g/mol. The Labute approximate surface area is 183 Å². The molecule has 2 atom stereocenters. The lowest BCUT2D eigenvalue weighted by Crippen LogP contribution is -2.41. The van der Waals surface area contributed by atoms with Crippen molar-refractivity contribution >= 4 is 16.9 Å². The number of ether oxygens (including phenoxy) is 1. The first-order valence-electron chi connectivity index (χ1n) is 11.0. The standard InChI is InChI=1S/C27H29NOS/c1-29-26-9-5-8-21(18-26)27(22-13-15-30-19-22)23-16-24-10-11-25(17-23)28(24)14-12-20-6-3-2-4-7-20/h2-9,13,15,18-19,24-25H,10-12,14,16-17H2,1H3. The third-order valence-electron chi connectivity index (χ3n) is 6.76. The molecule has 2 aromatic carbocycles. The van der Waals surface area contributed by atoms with Gasteiger partial charge in [-0.3, -0.25) is 4.90 Å². The van der Waals surface area contributed by atoms with Gasteiger partial charge in [-0.2, -0.15) is 11.3 Å². The van der Waals surface area contributed by atoms with Gasteiger partial charge in [-0.15, -0.1) is 0 Å². The molecule has 2 aliphatic rings. The summed E-state index contributed by atoms with van der Waals surface area (Å²) in [5, 5.41) is 4.49. The molecule has 0 N–H and O–H groups in total. The second-order valence-electron chi connectivity index (χ2n) is 8.49. The summed E-state index contributed by atoms with van der Waals surface area (Å²) in [4.78, 5) is 2.80. The lowest BCUT2D eigenvalue weighted by Gasteiger charge is -2.37. The van der Waals surface area contributed by atoms with Crippen molar-refractivity contribution in [3.05, 3.63) is 93.7 Å². The Morgan fingerprint density at radius 1 is 0.967 bits per heavy atom. The Kier molecular flexibility index (Phi) is 5.74. The highest BCUT2D eigenvalue weighted by atomic mass is 32.1. The maximum Gasteiger partial charge on any atom is 0.119 e. The van der Waals surface area contributed by atoms with E-state index in [0.29, 0.717) is 12.1 Å². The molecule has 0 spiro atoms. The summed E-state index contributed by atoms with van der Waals surface area (Å²) >= 11 is 1.78. The smallest absolute Gasteiger partial charge is 0.119 e. The Balaban J connectivity index is 1.42. The van der Waals surface area contributed by atoms with Gasteiger partial charge in [0.15, 0.2) is 0 Å². The minimum absolute atomic E-state index is 0.682. The van der Waals surface area contributed by atoms with Gasteiger partial charge in [0.2, 0.25) is 0 Å². The maximum absolute atomic E-state index is 5.53. The van der Waals surface area contributed by atoms with Crippen LogP contribution in [0.3, 0.4) is 0 Å². The molecule has 0 saturated carbocycles. The van der Waals surface area contributed by atoms with E-state index in [0.717, 1.165) is 12.2 Å². The number of hydrogen-bond acceptors (Lipinski definition) is 3. The number of piperidine rings is 1. The fourth-order valence-corrected chi connectivity index (χ4v) is 5.98. The first-order valence-corrected chi connectivity index (χ1v) is 11.9. The number of fused-ring (bicyclic) bond motifs is 2. The molecule has 0 amide bonds. The molecule has 30 heavy (non-hydrogen) atoms. The van der Waals surface area contributed by atoms with Crippen LogP contribution in [-0.2, 0) is 6.42 Å². The van der Waals surface area contributed by atoms with E-state index >= 15 is 0 Å². The fraction of sp³-hybridized carbons (Fsp3) is 0.333. The van der Waals surface area contributed by atoms with Crippen molar-refractivity contribution in [1.82, 2.24) is 4.90 Å². The van der Waals surface area contributed by atoms with E-state index in [1.165, 1.54) is 54.5 Å². The van der Waals surface area contributed by atoms with Gasteiger partial charge in [-0.1, -0.05) is 48.0 Å². The van der Waals surface area contributed by atoms with Crippen molar-refractivity contribution in [3.63, 3.8) is 0 Å².